The van der Waals surface area contributed by atoms with Crippen LogP contribution in [0.5, 0.6) is 0 Å². The molecule has 0 aliphatic rings. The minimum absolute atomic E-state index is 0.173. The summed E-state index contributed by atoms with van der Waals surface area (Å²) in [5.41, 5.74) is 6.86. The predicted molar refractivity (Wildman–Crippen MR) is 79.3 cm³/mol. The summed E-state index contributed by atoms with van der Waals surface area (Å²) in [6, 6.07) is 8.89. The van der Waals surface area contributed by atoms with Crippen molar-refractivity contribution in [2.75, 3.05) is 5.73 Å². The molecule has 19 heavy (non-hydrogen) atoms. The number of aromatic carboxylic acids is 1. The maximum Gasteiger partial charge on any atom is 0.338 e. The summed E-state index contributed by atoms with van der Waals surface area (Å²) in [6.45, 7) is 0. The normalized spacial score (nSPS) is 10.4. The number of benzene rings is 1. The molecule has 0 bridgehead atoms. The highest BCUT2D eigenvalue weighted by Gasteiger charge is 2.13. The summed E-state index contributed by atoms with van der Waals surface area (Å²) in [6.07, 6.45) is 1.71. The Morgan fingerprint density at radius 1 is 1.37 bits per heavy atom. The van der Waals surface area contributed by atoms with Crippen LogP contribution >= 0.6 is 27.7 Å². The van der Waals surface area contributed by atoms with Gasteiger partial charge in [0.1, 0.15) is 0 Å². The molecule has 0 atom stereocenters. The van der Waals surface area contributed by atoms with Crippen LogP contribution in [0.3, 0.4) is 0 Å². The second-order valence-electron chi connectivity index (χ2n) is 3.79. The van der Waals surface area contributed by atoms with Crippen LogP contribution in [0, 0.1) is 0 Å². The number of pyridine rings is 1. The lowest BCUT2D eigenvalue weighted by Crippen LogP contribution is -2.06. The van der Waals surface area contributed by atoms with Crippen molar-refractivity contribution in [1.82, 2.24) is 4.98 Å². The third-order valence-electron chi connectivity index (χ3n) is 2.47. The third-order valence-corrected chi connectivity index (χ3v) is 3.93. The summed E-state index contributed by atoms with van der Waals surface area (Å²) >= 11 is 4.79. The first-order chi connectivity index (χ1) is 9.08. The number of halogens is 1. The summed E-state index contributed by atoms with van der Waals surface area (Å²) in [5, 5.41) is 10.0. The van der Waals surface area contributed by atoms with Gasteiger partial charge in [0.25, 0.3) is 0 Å². The maximum atomic E-state index is 11.2. The van der Waals surface area contributed by atoms with Gasteiger partial charge in [-0.15, -0.1) is 11.8 Å². The molecule has 0 saturated heterocycles. The van der Waals surface area contributed by atoms with Crippen molar-refractivity contribution >= 4 is 39.3 Å². The number of nitrogen functional groups attached to an aromatic ring is 1. The Hall–Kier alpha value is -1.53. The fraction of sp³-hybridized carbons (Fsp3) is 0.0769. The zero-order valence-corrected chi connectivity index (χ0v) is 12.2. The van der Waals surface area contributed by atoms with Gasteiger partial charge >= 0.3 is 5.97 Å². The Bertz CT molecular complexity index is 602. The number of carboxylic acid groups (broad SMARTS) is 1. The van der Waals surface area contributed by atoms with Crippen LogP contribution in [-0.2, 0) is 5.75 Å². The van der Waals surface area contributed by atoms with Crippen molar-refractivity contribution in [1.29, 1.82) is 0 Å². The molecule has 1 aromatic heterocycles. The summed E-state index contributed by atoms with van der Waals surface area (Å²) in [5.74, 6) is -0.487. The van der Waals surface area contributed by atoms with E-state index >= 15 is 0 Å². The van der Waals surface area contributed by atoms with E-state index < -0.39 is 5.97 Å². The highest BCUT2D eigenvalue weighted by molar-refractivity contribution is 9.10. The number of rotatable bonds is 4. The smallest absolute Gasteiger partial charge is 0.338 e. The van der Waals surface area contributed by atoms with Gasteiger partial charge < -0.3 is 10.8 Å². The highest BCUT2D eigenvalue weighted by Crippen LogP contribution is 2.26. The van der Waals surface area contributed by atoms with Crippen LogP contribution in [0.25, 0.3) is 0 Å². The van der Waals surface area contributed by atoms with Crippen LogP contribution in [0.1, 0.15) is 15.9 Å². The van der Waals surface area contributed by atoms with E-state index in [0.717, 1.165) is 9.50 Å². The Labute approximate surface area is 123 Å². The molecule has 0 unspecified atom stereocenters. The standard InChI is InChI=1S/C13H11BrN2O2S/c14-9-4-5-11(16-6-9)19-7-8-2-1-3-10(15)12(8)13(17)18/h1-6H,7,15H2,(H,17,18). The molecule has 0 aliphatic carbocycles. The Morgan fingerprint density at radius 3 is 2.79 bits per heavy atom. The number of nitrogens with two attached hydrogens (primary N) is 1. The van der Waals surface area contributed by atoms with Crippen LogP contribution in [0.4, 0.5) is 5.69 Å². The number of aromatic nitrogens is 1. The summed E-state index contributed by atoms with van der Waals surface area (Å²) in [7, 11) is 0. The van der Waals surface area contributed by atoms with E-state index in [1.54, 1.807) is 24.4 Å². The number of carboxylic acids is 1. The van der Waals surface area contributed by atoms with Crippen LogP contribution < -0.4 is 5.73 Å². The molecule has 2 rings (SSSR count). The lowest BCUT2D eigenvalue weighted by molar-refractivity contribution is 0.0697. The highest BCUT2D eigenvalue weighted by atomic mass is 79.9. The number of carbonyl (C=O) groups is 1. The van der Waals surface area contributed by atoms with Crippen molar-refractivity contribution < 1.29 is 9.90 Å². The topological polar surface area (TPSA) is 76.2 Å². The lowest BCUT2D eigenvalue weighted by atomic mass is 10.1. The Morgan fingerprint density at radius 2 is 2.16 bits per heavy atom. The number of hydrogen-bond donors (Lipinski definition) is 2. The molecular weight excluding hydrogens is 328 g/mol. The zero-order valence-electron chi connectivity index (χ0n) is 9.84. The van der Waals surface area contributed by atoms with Crippen molar-refractivity contribution in [2.24, 2.45) is 0 Å². The Balaban J connectivity index is 2.18. The number of thioether (sulfide) groups is 1. The van der Waals surface area contributed by atoms with Gasteiger partial charge in [-0.25, -0.2) is 9.78 Å². The minimum atomic E-state index is -1.00. The van der Waals surface area contributed by atoms with E-state index in [1.807, 2.05) is 12.1 Å². The zero-order chi connectivity index (χ0) is 13.8. The van der Waals surface area contributed by atoms with Gasteiger partial charge in [-0.3, -0.25) is 0 Å². The van der Waals surface area contributed by atoms with Crippen LogP contribution in [0.2, 0.25) is 0 Å². The van der Waals surface area contributed by atoms with Gasteiger partial charge in [0, 0.05) is 22.1 Å². The Kier molecular flexibility index (Phi) is 4.44. The lowest BCUT2D eigenvalue weighted by Gasteiger charge is -2.08. The molecule has 6 heteroatoms. The van der Waals surface area contributed by atoms with Crippen LogP contribution in [-0.4, -0.2) is 16.1 Å². The fourth-order valence-corrected chi connectivity index (χ4v) is 2.67. The average molecular weight is 339 g/mol. The average Bonchev–Trinajstić information content (AvgIpc) is 2.37. The summed E-state index contributed by atoms with van der Waals surface area (Å²) < 4.78 is 0.909. The first-order valence-electron chi connectivity index (χ1n) is 5.43. The SMILES string of the molecule is Nc1cccc(CSc2ccc(Br)cn2)c1C(=O)O. The molecule has 0 radical (unpaired) electrons. The molecule has 0 spiro atoms. The molecule has 3 N–H and O–H groups in total. The van der Waals surface area contributed by atoms with Crippen molar-refractivity contribution in [3.63, 3.8) is 0 Å². The van der Waals surface area contributed by atoms with Crippen molar-refractivity contribution in [3.8, 4) is 0 Å². The first kappa shape index (κ1) is 13.9. The van der Waals surface area contributed by atoms with Gasteiger partial charge in [-0.2, -0.15) is 0 Å². The van der Waals surface area contributed by atoms with E-state index in [4.69, 9.17) is 10.8 Å². The van der Waals surface area contributed by atoms with E-state index in [-0.39, 0.29) is 11.3 Å². The molecule has 1 heterocycles. The minimum Gasteiger partial charge on any atom is -0.478 e. The number of hydrogen-bond acceptors (Lipinski definition) is 4. The monoisotopic (exact) mass is 338 g/mol. The van der Waals surface area contributed by atoms with Crippen molar-refractivity contribution in [3.05, 3.63) is 52.1 Å². The van der Waals surface area contributed by atoms with Crippen LogP contribution in [0.15, 0.2) is 46.0 Å². The molecule has 0 amide bonds. The number of anilines is 1. The first-order valence-corrected chi connectivity index (χ1v) is 7.21. The van der Waals surface area contributed by atoms with E-state index in [9.17, 15) is 4.79 Å². The molecule has 0 saturated carbocycles. The third kappa shape index (κ3) is 3.48. The molecular formula is C13H11BrN2O2S. The van der Waals surface area contributed by atoms with Gasteiger partial charge in [-0.05, 0) is 39.7 Å². The second-order valence-corrected chi connectivity index (χ2v) is 5.70. The van der Waals surface area contributed by atoms with E-state index in [2.05, 4.69) is 20.9 Å². The van der Waals surface area contributed by atoms with Gasteiger partial charge in [0.2, 0.25) is 0 Å². The van der Waals surface area contributed by atoms with Gasteiger partial charge in [-0.1, -0.05) is 12.1 Å². The maximum absolute atomic E-state index is 11.2. The number of nitrogens with zero attached hydrogens (tertiary/aromatic N) is 1. The molecule has 4 nitrogen and oxygen atoms in total. The summed E-state index contributed by atoms with van der Waals surface area (Å²) in [4.78, 5) is 15.4. The quantitative estimate of drug-likeness (QED) is 0.659. The van der Waals surface area contributed by atoms with E-state index in [0.29, 0.717) is 11.3 Å². The largest absolute Gasteiger partial charge is 0.478 e. The fourth-order valence-electron chi connectivity index (χ4n) is 1.60. The molecule has 98 valence electrons. The van der Waals surface area contributed by atoms with Crippen molar-refractivity contribution in [2.45, 2.75) is 10.8 Å². The molecule has 0 aliphatic heterocycles. The van der Waals surface area contributed by atoms with Gasteiger partial charge in [0.15, 0.2) is 0 Å². The second kappa shape index (κ2) is 6.08. The molecule has 0 fully saturated rings. The van der Waals surface area contributed by atoms with Gasteiger partial charge in [0.05, 0.1) is 10.6 Å². The molecule has 2 aromatic rings. The van der Waals surface area contributed by atoms with E-state index in [1.165, 1.54) is 11.8 Å². The molecule has 1 aromatic carbocycles. The predicted octanol–water partition coefficient (Wildman–Crippen LogP) is 3.42.